The highest BCUT2D eigenvalue weighted by atomic mass is 127. The van der Waals surface area contributed by atoms with Crippen molar-refractivity contribution in [3.63, 3.8) is 0 Å². The second kappa shape index (κ2) is 14.2. The average molecular weight is 536 g/mol. The van der Waals surface area contributed by atoms with Crippen LogP contribution >= 0.6 is 35.3 Å². The first-order valence-corrected chi connectivity index (χ1v) is 11.5. The van der Waals surface area contributed by atoms with Gasteiger partial charge in [0, 0.05) is 43.0 Å². The van der Waals surface area contributed by atoms with Crippen LogP contribution < -0.4 is 16.0 Å². The molecule has 0 spiro atoms. The molecule has 29 heavy (non-hydrogen) atoms. The molecule has 2 rings (SSSR count). The molecule has 1 aromatic heterocycles. The van der Waals surface area contributed by atoms with Crippen molar-refractivity contribution >= 4 is 47.2 Å². The highest BCUT2D eigenvalue weighted by Gasteiger charge is 2.31. The normalized spacial score (nSPS) is 21.2. The van der Waals surface area contributed by atoms with Gasteiger partial charge in [-0.25, -0.2) is 0 Å². The minimum absolute atomic E-state index is 0. The van der Waals surface area contributed by atoms with Crippen LogP contribution in [-0.4, -0.2) is 56.0 Å². The molecule has 3 atom stereocenters. The van der Waals surface area contributed by atoms with Crippen LogP contribution in [0, 0.1) is 5.92 Å². The van der Waals surface area contributed by atoms with Gasteiger partial charge in [-0.2, -0.15) is 0 Å². The standard InChI is InChI=1S/C21H37N5OS.HI/c1-5-16(3)25-19(27)11-12-23-21(22-6-2)24-15-17-9-7-13-26(4)20(17)18-10-8-14-28-18;/h8,10,14,16-17,20H,5-7,9,11-13,15H2,1-4H3,(H,25,27)(H2,22,23,24);1H. The predicted molar refractivity (Wildman–Crippen MR) is 134 cm³/mol. The minimum Gasteiger partial charge on any atom is -0.357 e. The van der Waals surface area contributed by atoms with Crippen LogP contribution in [0.5, 0.6) is 0 Å². The first-order chi connectivity index (χ1) is 13.5. The highest BCUT2D eigenvalue weighted by Crippen LogP contribution is 2.37. The van der Waals surface area contributed by atoms with Gasteiger partial charge >= 0.3 is 0 Å². The number of nitrogens with zero attached hydrogens (tertiary/aromatic N) is 2. The van der Waals surface area contributed by atoms with E-state index in [2.05, 4.69) is 59.3 Å². The van der Waals surface area contributed by atoms with E-state index in [0.29, 0.717) is 24.9 Å². The first-order valence-electron chi connectivity index (χ1n) is 10.6. The smallest absolute Gasteiger partial charge is 0.221 e. The summed E-state index contributed by atoms with van der Waals surface area (Å²) in [6.45, 7) is 9.51. The second-order valence-corrected chi connectivity index (χ2v) is 8.60. The summed E-state index contributed by atoms with van der Waals surface area (Å²) < 4.78 is 0. The van der Waals surface area contributed by atoms with Crippen LogP contribution in [-0.2, 0) is 4.79 Å². The second-order valence-electron chi connectivity index (χ2n) is 7.62. The van der Waals surface area contributed by atoms with Gasteiger partial charge in [-0.1, -0.05) is 13.0 Å². The number of halogens is 1. The van der Waals surface area contributed by atoms with E-state index in [1.165, 1.54) is 17.7 Å². The molecule has 8 heteroatoms. The van der Waals surface area contributed by atoms with Gasteiger partial charge in [0.2, 0.25) is 5.91 Å². The molecule has 6 nitrogen and oxygen atoms in total. The van der Waals surface area contributed by atoms with Gasteiger partial charge < -0.3 is 16.0 Å². The molecule has 3 unspecified atom stereocenters. The fourth-order valence-electron chi connectivity index (χ4n) is 3.65. The molecule has 1 saturated heterocycles. The molecule has 1 aliphatic heterocycles. The van der Waals surface area contributed by atoms with Crippen molar-refractivity contribution in [3.05, 3.63) is 22.4 Å². The van der Waals surface area contributed by atoms with Crippen molar-refractivity contribution in [3.8, 4) is 0 Å². The topological polar surface area (TPSA) is 68.8 Å². The molecule has 3 N–H and O–H groups in total. The maximum Gasteiger partial charge on any atom is 0.221 e. The number of thiophene rings is 1. The van der Waals surface area contributed by atoms with Crippen molar-refractivity contribution in [1.82, 2.24) is 20.9 Å². The van der Waals surface area contributed by atoms with E-state index in [-0.39, 0.29) is 35.9 Å². The van der Waals surface area contributed by atoms with E-state index in [0.717, 1.165) is 32.0 Å². The largest absolute Gasteiger partial charge is 0.357 e. The molecule has 1 aromatic rings. The van der Waals surface area contributed by atoms with Crippen LogP contribution in [0.3, 0.4) is 0 Å². The lowest BCUT2D eigenvalue weighted by molar-refractivity contribution is -0.121. The monoisotopic (exact) mass is 535 g/mol. The molecule has 1 fully saturated rings. The molecule has 0 bridgehead atoms. The summed E-state index contributed by atoms with van der Waals surface area (Å²) in [5.74, 6) is 1.41. The number of guanidine groups is 1. The van der Waals surface area contributed by atoms with E-state index in [4.69, 9.17) is 4.99 Å². The lowest BCUT2D eigenvalue weighted by Gasteiger charge is -2.38. The number of carbonyl (C=O) groups is 1. The van der Waals surface area contributed by atoms with Gasteiger partial charge in [0.25, 0.3) is 0 Å². The molecule has 166 valence electrons. The van der Waals surface area contributed by atoms with Crippen molar-refractivity contribution < 1.29 is 4.79 Å². The van der Waals surface area contributed by atoms with Gasteiger partial charge in [-0.05, 0) is 64.1 Å². The number of carbonyl (C=O) groups excluding carboxylic acids is 1. The van der Waals surface area contributed by atoms with Gasteiger partial charge in [0.1, 0.15) is 0 Å². The van der Waals surface area contributed by atoms with Crippen LogP contribution in [0.15, 0.2) is 22.5 Å². The number of likely N-dealkylation sites (tertiary alicyclic amines) is 1. The average Bonchev–Trinajstić information content (AvgIpc) is 3.20. The van der Waals surface area contributed by atoms with Crippen molar-refractivity contribution in [2.75, 3.05) is 33.2 Å². The molecule has 1 amide bonds. The Bertz CT molecular complexity index is 610. The zero-order chi connectivity index (χ0) is 20.4. The Morgan fingerprint density at radius 3 is 2.83 bits per heavy atom. The molecule has 0 saturated carbocycles. The highest BCUT2D eigenvalue weighted by molar-refractivity contribution is 14.0. The minimum atomic E-state index is 0. The van der Waals surface area contributed by atoms with Crippen molar-refractivity contribution in [2.45, 2.75) is 58.5 Å². The zero-order valence-corrected chi connectivity index (χ0v) is 21.4. The molecular weight excluding hydrogens is 497 g/mol. The van der Waals surface area contributed by atoms with E-state index in [1.54, 1.807) is 0 Å². The number of piperidine rings is 1. The van der Waals surface area contributed by atoms with Crippen LogP contribution in [0.25, 0.3) is 0 Å². The number of nitrogens with one attached hydrogen (secondary N) is 3. The summed E-state index contributed by atoms with van der Waals surface area (Å²) in [6, 6.07) is 5.06. The molecular formula is C21H38IN5OS. The number of hydrogen-bond acceptors (Lipinski definition) is 4. The number of hydrogen-bond donors (Lipinski definition) is 3. The van der Waals surface area contributed by atoms with E-state index in [9.17, 15) is 4.79 Å². The Balaban J connectivity index is 0.00000420. The Hall–Kier alpha value is -0.870. The van der Waals surface area contributed by atoms with Crippen LogP contribution in [0.1, 0.15) is 57.4 Å². The Morgan fingerprint density at radius 2 is 2.17 bits per heavy atom. The summed E-state index contributed by atoms with van der Waals surface area (Å²) in [6.07, 6.45) is 3.83. The zero-order valence-electron chi connectivity index (χ0n) is 18.2. The SMILES string of the molecule is CCNC(=NCC1CCCN(C)C1c1cccs1)NCCC(=O)NC(C)CC.I. The predicted octanol–water partition coefficient (Wildman–Crippen LogP) is 3.61. The Morgan fingerprint density at radius 1 is 1.38 bits per heavy atom. The summed E-state index contributed by atoms with van der Waals surface area (Å²) in [5, 5.41) is 11.8. The third-order valence-electron chi connectivity index (χ3n) is 5.33. The van der Waals surface area contributed by atoms with Crippen molar-refractivity contribution in [2.24, 2.45) is 10.9 Å². The van der Waals surface area contributed by atoms with Gasteiger partial charge in [-0.15, -0.1) is 35.3 Å². The number of rotatable bonds is 9. The molecule has 0 aromatic carbocycles. The van der Waals surface area contributed by atoms with Gasteiger partial charge in [0.15, 0.2) is 5.96 Å². The van der Waals surface area contributed by atoms with E-state index in [1.807, 2.05) is 18.3 Å². The third kappa shape index (κ3) is 8.80. The molecule has 1 aliphatic rings. The summed E-state index contributed by atoms with van der Waals surface area (Å²) in [7, 11) is 2.22. The first kappa shape index (κ1) is 26.2. The maximum atomic E-state index is 12.0. The van der Waals surface area contributed by atoms with E-state index >= 15 is 0 Å². The number of aliphatic imine (C=N–C) groups is 1. The number of amides is 1. The molecule has 2 heterocycles. The van der Waals surface area contributed by atoms with Crippen LogP contribution in [0.4, 0.5) is 0 Å². The summed E-state index contributed by atoms with van der Waals surface area (Å²) in [5.41, 5.74) is 0. The van der Waals surface area contributed by atoms with Crippen LogP contribution in [0.2, 0.25) is 0 Å². The molecule has 0 radical (unpaired) electrons. The molecule has 0 aliphatic carbocycles. The van der Waals surface area contributed by atoms with E-state index < -0.39 is 0 Å². The van der Waals surface area contributed by atoms with Gasteiger partial charge in [0.05, 0.1) is 0 Å². The lowest BCUT2D eigenvalue weighted by Crippen LogP contribution is -2.41. The lowest BCUT2D eigenvalue weighted by atomic mass is 9.88. The van der Waals surface area contributed by atoms with Crippen molar-refractivity contribution in [1.29, 1.82) is 0 Å². The van der Waals surface area contributed by atoms with Gasteiger partial charge in [-0.3, -0.25) is 14.7 Å². The Labute approximate surface area is 197 Å². The Kier molecular flexibility index (Phi) is 12.8. The summed E-state index contributed by atoms with van der Waals surface area (Å²) in [4.78, 5) is 20.7. The quantitative estimate of drug-likeness (QED) is 0.257. The summed E-state index contributed by atoms with van der Waals surface area (Å²) >= 11 is 1.84. The fraction of sp³-hybridized carbons (Fsp3) is 0.714. The fourth-order valence-corrected chi connectivity index (χ4v) is 4.64. The maximum absolute atomic E-state index is 12.0. The third-order valence-corrected chi connectivity index (χ3v) is 6.28.